The number of aromatic nitrogens is 6. The summed E-state index contributed by atoms with van der Waals surface area (Å²) < 4.78 is 1.85. The number of imide groups is 1. The van der Waals surface area contributed by atoms with Gasteiger partial charge in [-0.05, 0) is 56.7 Å². The van der Waals surface area contributed by atoms with Crippen LogP contribution < -0.4 is 15.5 Å². The SMILES string of the molecule is Cc1ccnc([C@H]2C[C@@H]2C(=O)Nc2cc(NC(CO)c3cn4cc(C5CC5)cc(N5CC(=O)N(C)C5=O)c4n3)nc(C)n2)n1. The van der Waals surface area contributed by atoms with Crippen LogP contribution in [0.15, 0.2) is 36.8 Å². The predicted molar refractivity (Wildman–Crippen MR) is 159 cm³/mol. The molecule has 2 aliphatic carbocycles. The van der Waals surface area contributed by atoms with Gasteiger partial charge in [0.15, 0.2) is 5.65 Å². The molecule has 1 unspecified atom stereocenters. The van der Waals surface area contributed by atoms with Crippen LogP contribution in [0.4, 0.5) is 22.1 Å². The van der Waals surface area contributed by atoms with Crippen LogP contribution in [0.1, 0.15) is 65.7 Å². The van der Waals surface area contributed by atoms with Crippen LogP contribution in [0, 0.1) is 19.8 Å². The summed E-state index contributed by atoms with van der Waals surface area (Å²) in [6.45, 7) is 3.25. The Bertz CT molecular complexity index is 1820. The Kier molecular flexibility index (Phi) is 6.72. The maximum absolute atomic E-state index is 13.0. The van der Waals surface area contributed by atoms with E-state index in [1.54, 1.807) is 19.2 Å². The predicted octanol–water partition coefficient (Wildman–Crippen LogP) is 2.69. The number of fused-ring (bicyclic) bond motifs is 1. The monoisotopic (exact) mass is 596 g/mol. The quantitative estimate of drug-likeness (QED) is 0.244. The molecule has 44 heavy (non-hydrogen) atoms. The van der Waals surface area contributed by atoms with Crippen molar-refractivity contribution in [1.82, 2.24) is 34.2 Å². The Morgan fingerprint density at radius 1 is 1.09 bits per heavy atom. The Morgan fingerprint density at radius 3 is 2.59 bits per heavy atom. The maximum atomic E-state index is 13.0. The van der Waals surface area contributed by atoms with Gasteiger partial charge in [-0.25, -0.2) is 29.7 Å². The second kappa shape index (κ2) is 10.6. The maximum Gasteiger partial charge on any atom is 0.331 e. The first kappa shape index (κ1) is 27.8. The lowest BCUT2D eigenvalue weighted by molar-refractivity contribution is -0.124. The van der Waals surface area contributed by atoms with E-state index < -0.39 is 12.1 Å². The number of aryl methyl sites for hydroxylation is 2. The highest BCUT2D eigenvalue weighted by molar-refractivity contribution is 6.13. The number of anilines is 3. The molecule has 3 N–H and O–H groups in total. The number of nitrogens with zero attached hydrogens (tertiary/aromatic N) is 8. The summed E-state index contributed by atoms with van der Waals surface area (Å²) in [7, 11) is 1.47. The molecule has 4 aromatic rings. The summed E-state index contributed by atoms with van der Waals surface area (Å²) in [5, 5.41) is 16.5. The minimum atomic E-state index is -0.658. The molecule has 14 heteroatoms. The van der Waals surface area contributed by atoms with E-state index in [1.165, 1.54) is 11.9 Å². The van der Waals surface area contributed by atoms with Gasteiger partial charge in [0, 0.05) is 49.2 Å². The number of urea groups is 1. The van der Waals surface area contributed by atoms with E-state index in [9.17, 15) is 19.5 Å². The first-order valence-corrected chi connectivity index (χ1v) is 14.6. The summed E-state index contributed by atoms with van der Waals surface area (Å²) in [6.07, 6.45) is 8.30. The largest absolute Gasteiger partial charge is 0.394 e. The van der Waals surface area contributed by atoms with Gasteiger partial charge in [0.25, 0.3) is 0 Å². The molecule has 0 spiro atoms. The molecule has 5 heterocycles. The molecule has 1 saturated heterocycles. The summed E-state index contributed by atoms with van der Waals surface area (Å²) in [4.78, 5) is 63.1. The Labute approximate surface area is 252 Å². The number of pyridine rings is 1. The van der Waals surface area contributed by atoms with Crippen molar-refractivity contribution in [2.75, 3.05) is 35.7 Å². The van der Waals surface area contributed by atoms with Crippen molar-refractivity contribution in [3.05, 3.63) is 65.4 Å². The second-order valence-corrected chi connectivity index (χ2v) is 11.7. The molecule has 4 amide bonds. The number of rotatable bonds is 9. The fourth-order valence-electron chi connectivity index (χ4n) is 5.65. The van der Waals surface area contributed by atoms with Crippen LogP contribution in [-0.2, 0) is 9.59 Å². The van der Waals surface area contributed by atoms with Crippen molar-refractivity contribution in [1.29, 1.82) is 0 Å². The van der Waals surface area contributed by atoms with Crippen molar-refractivity contribution in [2.45, 2.75) is 51.0 Å². The van der Waals surface area contributed by atoms with Crippen LogP contribution >= 0.6 is 0 Å². The van der Waals surface area contributed by atoms with Crippen molar-refractivity contribution in [3.8, 4) is 0 Å². The van der Waals surface area contributed by atoms with Crippen molar-refractivity contribution >= 4 is 40.8 Å². The number of aliphatic hydroxyl groups is 1. The van der Waals surface area contributed by atoms with E-state index in [2.05, 4.69) is 30.6 Å². The number of amides is 4. The van der Waals surface area contributed by atoms with Gasteiger partial charge in [0.1, 0.15) is 29.8 Å². The van der Waals surface area contributed by atoms with Crippen molar-refractivity contribution in [2.24, 2.45) is 5.92 Å². The Balaban J connectivity index is 1.12. The molecule has 1 aliphatic heterocycles. The summed E-state index contributed by atoms with van der Waals surface area (Å²) in [5.41, 5.74) is 3.51. The molecule has 7 rings (SSSR count). The molecule has 14 nitrogen and oxygen atoms in total. The molecule has 4 aromatic heterocycles. The highest BCUT2D eigenvalue weighted by Gasteiger charge is 2.46. The first-order chi connectivity index (χ1) is 21.2. The third kappa shape index (κ3) is 5.21. The van der Waals surface area contributed by atoms with Crippen LogP contribution in [0.25, 0.3) is 5.65 Å². The standard InChI is InChI=1S/C30H32N10O4/c1-15-6-7-31-27(32-15)19-9-20(19)29(43)37-25-10-24(33-16(2)34-25)35-22(14-41)21-12-39-11-18(17-4-5-17)8-23(28(39)36-21)40-13-26(42)38(3)30(40)44/h6-8,10-12,17,19-20,22,41H,4-5,9,13-14H2,1-3H3,(H2,33,34,35,37,43)/t19-,20-,22?/m0/s1. The van der Waals surface area contributed by atoms with E-state index in [0.717, 1.165) is 29.0 Å². The van der Waals surface area contributed by atoms with Crippen molar-refractivity contribution < 1.29 is 19.5 Å². The number of likely N-dealkylation sites (N-methyl/N-ethyl adjacent to an activating group) is 1. The van der Waals surface area contributed by atoms with Crippen molar-refractivity contribution in [3.63, 3.8) is 0 Å². The Hall–Kier alpha value is -4.98. The highest BCUT2D eigenvalue weighted by atomic mass is 16.3. The van der Waals surface area contributed by atoms with Gasteiger partial charge < -0.3 is 20.1 Å². The smallest absolute Gasteiger partial charge is 0.331 e. The summed E-state index contributed by atoms with van der Waals surface area (Å²) >= 11 is 0. The molecular weight excluding hydrogens is 564 g/mol. The number of nitrogens with one attached hydrogen (secondary N) is 2. The fraction of sp³-hybridized carbons (Fsp3) is 0.400. The molecule has 3 fully saturated rings. The molecule has 0 bridgehead atoms. The number of carbonyl (C=O) groups excluding carboxylic acids is 3. The van der Waals surface area contributed by atoms with Crippen LogP contribution in [0.3, 0.4) is 0 Å². The molecule has 226 valence electrons. The molecule has 0 radical (unpaired) electrons. The normalized spacial score (nSPS) is 20.4. The number of hydrogen-bond acceptors (Lipinski definition) is 10. The van der Waals surface area contributed by atoms with Gasteiger partial charge >= 0.3 is 6.03 Å². The average molecular weight is 597 g/mol. The summed E-state index contributed by atoms with van der Waals surface area (Å²) in [6, 6.07) is 4.32. The highest BCUT2D eigenvalue weighted by Crippen LogP contribution is 2.46. The number of imidazole rings is 1. The molecule has 3 aliphatic rings. The lowest BCUT2D eigenvalue weighted by Crippen LogP contribution is -2.30. The molecule has 2 saturated carbocycles. The summed E-state index contributed by atoms with van der Waals surface area (Å²) in [5.74, 6) is 1.54. The minimum absolute atomic E-state index is 0.0241. The Morgan fingerprint density at radius 2 is 1.89 bits per heavy atom. The van der Waals surface area contributed by atoms with Crippen LogP contribution in [0.2, 0.25) is 0 Å². The zero-order valence-electron chi connectivity index (χ0n) is 24.6. The lowest BCUT2D eigenvalue weighted by Gasteiger charge is -2.17. The van der Waals surface area contributed by atoms with E-state index >= 15 is 0 Å². The topological polar surface area (TPSA) is 171 Å². The second-order valence-electron chi connectivity index (χ2n) is 11.7. The third-order valence-corrected chi connectivity index (χ3v) is 8.32. The minimum Gasteiger partial charge on any atom is -0.394 e. The van der Waals surface area contributed by atoms with Gasteiger partial charge in [-0.2, -0.15) is 0 Å². The zero-order valence-corrected chi connectivity index (χ0v) is 24.6. The van der Waals surface area contributed by atoms with E-state index in [0.29, 0.717) is 52.7 Å². The average Bonchev–Trinajstić information content (AvgIpc) is 3.92. The molecular formula is C30H32N10O4. The molecule has 0 aromatic carbocycles. The number of hydrogen-bond donors (Lipinski definition) is 3. The number of aliphatic hydroxyl groups excluding tert-OH is 1. The van der Waals surface area contributed by atoms with Gasteiger partial charge in [-0.3, -0.25) is 19.4 Å². The fourth-order valence-corrected chi connectivity index (χ4v) is 5.65. The van der Waals surface area contributed by atoms with Gasteiger partial charge in [0.05, 0.1) is 24.0 Å². The van der Waals surface area contributed by atoms with Crippen LogP contribution in [0.5, 0.6) is 0 Å². The van der Waals surface area contributed by atoms with Gasteiger partial charge in [0.2, 0.25) is 11.8 Å². The van der Waals surface area contributed by atoms with Gasteiger partial charge in [-0.1, -0.05) is 0 Å². The van der Waals surface area contributed by atoms with E-state index in [1.807, 2.05) is 35.9 Å². The molecule has 3 atom stereocenters. The van der Waals surface area contributed by atoms with Gasteiger partial charge in [-0.15, -0.1) is 0 Å². The third-order valence-electron chi connectivity index (χ3n) is 8.32. The lowest BCUT2D eigenvalue weighted by atomic mass is 10.1. The first-order valence-electron chi connectivity index (χ1n) is 14.6. The number of carbonyl (C=O) groups is 3. The van der Waals surface area contributed by atoms with E-state index in [-0.39, 0.29) is 36.8 Å². The van der Waals surface area contributed by atoms with E-state index in [4.69, 9.17) is 4.98 Å². The van der Waals surface area contributed by atoms with Crippen LogP contribution in [-0.4, -0.2) is 77.4 Å². The zero-order chi connectivity index (χ0) is 30.7.